The van der Waals surface area contributed by atoms with Crippen molar-refractivity contribution in [1.29, 1.82) is 0 Å². The summed E-state index contributed by atoms with van der Waals surface area (Å²) in [7, 11) is 0. The minimum atomic E-state index is -0.255. The Bertz CT molecular complexity index is 58.6. The van der Waals surface area contributed by atoms with Gasteiger partial charge in [-0.1, -0.05) is 6.08 Å². The number of halogens is 1. The number of rotatable bonds is 1. The van der Waals surface area contributed by atoms with E-state index >= 15 is 0 Å². The first kappa shape index (κ1) is 5.63. The zero-order valence-corrected chi connectivity index (χ0v) is 3.74. The van der Waals surface area contributed by atoms with Crippen molar-refractivity contribution >= 4 is 0 Å². The van der Waals surface area contributed by atoms with E-state index in [0.29, 0.717) is 0 Å². The molecule has 0 rings (SSSR count). The van der Waals surface area contributed by atoms with E-state index < -0.39 is 0 Å². The van der Waals surface area contributed by atoms with E-state index in [9.17, 15) is 4.39 Å². The Morgan fingerprint density at radius 1 is 2.00 bits per heavy atom. The molecule has 0 bridgehead atoms. The van der Waals surface area contributed by atoms with E-state index in [1.54, 1.807) is 6.92 Å². The molecule has 0 unspecified atom stereocenters. The monoisotopic (exact) mass is 89.1 g/mol. The third-order valence-electron chi connectivity index (χ3n) is 0.508. The van der Waals surface area contributed by atoms with Crippen LogP contribution in [-0.2, 0) is 0 Å². The van der Waals surface area contributed by atoms with Gasteiger partial charge in [-0.3, -0.25) is 0 Å². The van der Waals surface area contributed by atoms with Crippen LogP contribution in [-0.4, -0.2) is 6.54 Å². The van der Waals surface area contributed by atoms with Crippen molar-refractivity contribution in [3.8, 4) is 0 Å². The first-order valence-corrected chi connectivity index (χ1v) is 1.82. The highest BCUT2D eigenvalue weighted by Crippen LogP contribution is 1.87. The minimum Gasteiger partial charge on any atom is -0.325 e. The Balaban J connectivity index is 3.22. The van der Waals surface area contributed by atoms with Gasteiger partial charge >= 0.3 is 0 Å². The van der Waals surface area contributed by atoms with E-state index in [1.165, 1.54) is 6.08 Å². The average Bonchev–Trinajstić information content (AvgIpc) is 1.65. The maximum Gasteiger partial charge on any atom is 0.109 e. The van der Waals surface area contributed by atoms with Gasteiger partial charge in [-0.2, -0.15) is 0 Å². The lowest BCUT2D eigenvalue weighted by atomic mass is 10.5. The summed E-state index contributed by atoms with van der Waals surface area (Å²) in [6, 6.07) is 0. The van der Waals surface area contributed by atoms with Crippen LogP contribution in [0.2, 0.25) is 0 Å². The van der Waals surface area contributed by atoms with Crippen molar-refractivity contribution in [1.82, 2.24) is 0 Å². The van der Waals surface area contributed by atoms with Gasteiger partial charge < -0.3 is 5.73 Å². The third-order valence-corrected chi connectivity index (χ3v) is 0.508. The van der Waals surface area contributed by atoms with Crippen molar-refractivity contribution < 1.29 is 4.39 Å². The van der Waals surface area contributed by atoms with Crippen LogP contribution in [0, 0.1) is 0 Å². The van der Waals surface area contributed by atoms with E-state index in [1.807, 2.05) is 0 Å². The molecule has 36 valence electrons. The maximum absolute atomic E-state index is 11.6. The molecular formula is C4H8FN. The third kappa shape index (κ3) is 1.91. The summed E-state index contributed by atoms with van der Waals surface area (Å²) in [6.07, 6.45) is 1.35. The fourth-order valence-electron chi connectivity index (χ4n) is 0.118. The van der Waals surface area contributed by atoms with Gasteiger partial charge in [0.15, 0.2) is 0 Å². The Morgan fingerprint density at radius 2 is 2.50 bits per heavy atom. The molecule has 0 fully saturated rings. The standard InChI is InChI=1S/C4H8FN/c1-2-4(5)3-6/h2H,3,6H2,1H3/b4-2-. The lowest BCUT2D eigenvalue weighted by molar-refractivity contribution is 0.616. The van der Waals surface area contributed by atoms with Crippen LogP contribution in [0.1, 0.15) is 6.92 Å². The molecule has 0 amide bonds. The summed E-state index contributed by atoms with van der Waals surface area (Å²) in [5.41, 5.74) is 4.84. The van der Waals surface area contributed by atoms with Crippen molar-refractivity contribution in [3.63, 3.8) is 0 Å². The van der Waals surface area contributed by atoms with Crippen molar-refractivity contribution in [2.24, 2.45) is 5.73 Å². The van der Waals surface area contributed by atoms with Crippen LogP contribution < -0.4 is 5.73 Å². The Hall–Kier alpha value is -0.370. The molecule has 2 heteroatoms. The van der Waals surface area contributed by atoms with E-state index in [0.717, 1.165) is 0 Å². The predicted octanol–water partition coefficient (Wildman–Crippen LogP) is 0.818. The largest absolute Gasteiger partial charge is 0.325 e. The highest BCUT2D eigenvalue weighted by Gasteiger charge is 1.79. The quantitative estimate of drug-likeness (QED) is 0.505. The Kier molecular flexibility index (Phi) is 2.67. The van der Waals surface area contributed by atoms with Gasteiger partial charge in [-0.15, -0.1) is 0 Å². The fraction of sp³-hybridized carbons (Fsp3) is 0.500. The number of hydrogen-bond acceptors (Lipinski definition) is 1. The SMILES string of the molecule is C/C=C(\F)CN. The molecule has 0 aromatic rings. The topological polar surface area (TPSA) is 26.0 Å². The molecule has 0 aromatic carbocycles. The second kappa shape index (κ2) is 2.85. The summed E-state index contributed by atoms with van der Waals surface area (Å²) >= 11 is 0. The molecule has 0 saturated carbocycles. The lowest BCUT2D eigenvalue weighted by Crippen LogP contribution is -1.97. The number of allylic oxidation sites excluding steroid dienone is 1. The van der Waals surface area contributed by atoms with Crippen LogP contribution in [0.5, 0.6) is 0 Å². The van der Waals surface area contributed by atoms with Gasteiger partial charge in [0, 0.05) is 6.54 Å². The molecule has 0 aliphatic heterocycles. The minimum absolute atomic E-state index is 0.0243. The first-order chi connectivity index (χ1) is 2.81. The van der Waals surface area contributed by atoms with Crippen molar-refractivity contribution in [2.45, 2.75) is 6.92 Å². The second-order valence-corrected chi connectivity index (χ2v) is 0.940. The van der Waals surface area contributed by atoms with Crippen LogP contribution in [0.4, 0.5) is 4.39 Å². The molecule has 0 spiro atoms. The second-order valence-electron chi connectivity index (χ2n) is 0.940. The molecule has 0 aromatic heterocycles. The van der Waals surface area contributed by atoms with Gasteiger partial charge in [-0.05, 0) is 6.92 Å². The zero-order valence-electron chi connectivity index (χ0n) is 3.74. The zero-order chi connectivity index (χ0) is 4.99. The van der Waals surface area contributed by atoms with Crippen molar-refractivity contribution in [3.05, 3.63) is 11.9 Å². The molecule has 0 aliphatic rings. The van der Waals surface area contributed by atoms with Gasteiger partial charge in [0.2, 0.25) is 0 Å². The number of hydrogen-bond donors (Lipinski definition) is 1. The van der Waals surface area contributed by atoms with E-state index in [4.69, 9.17) is 5.73 Å². The van der Waals surface area contributed by atoms with E-state index in [-0.39, 0.29) is 12.4 Å². The fourth-order valence-corrected chi connectivity index (χ4v) is 0.118. The van der Waals surface area contributed by atoms with Gasteiger partial charge in [0.25, 0.3) is 0 Å². The predicted molar refractivity (Wildman–Crippen MR) is 23.9 cm³/mol. The molecule has 2 N–H and O–H groups in total. The van der Waals surface area contributed by atoms with Gasteiger partial charge in [0.05, 0.1) is 0 Å². The van der Waals surface area contributed by atoms with Crippen LogP contribution in [0.25, 0.3) is 0 Å². The highest BCUT2D eigenvalue weighted by molar-refractivity contribution is 4.88. The first-order valence-electron chi connectivity index (χ1n) is 1.82. The summed E-state index contributed by atoms with van der Waals surface area (Å²) < 4.78 is 11.6. The Morgan fingerprint density at radius 3 is 2.50 bits per heavy atom. The lowest BCUT2D eigenvalue weighted by Gasteiger charge is -1.80. The average molecular weight is 89.1 g/mol. The highest BCUT2D eigenvalue weighted by atomic mass is 19.1. The molecule has 0 heterocycles. The van der Waals surface area contributed by atoms with Gasteiger partial charge in [0.1, 0.15) is 5.83 Å². The van der Waals surface area contributed by atoms with Crippen molar-refractivity contribution in [2.75, 3.05) is 6.54 Å². The van der Waals surface area contributed by atoms with Crippen LogP contribution in [0.3, 0.4) is 0 Å². The summed E-state index contributed by atoms with van der Waals surface area (Å²) in [4.78, 5) is 0. The molecule has 0 aliphatic carbocycles. The molecule has 0 radical (unpaired) electrons. The van der Waals surface area contributed by atoms with Crippen LogP contribution >= 0.6 is 0 Å². The molecular weight excluding hydrogens is 81.0 g/mol. The molecule has 0 saturated heterocycles. The Labute approximate surface area is 36.6 Å². The summed E-state index contributed by atoms with van der Waals surface area (Å²) in [6.45, 7) is 1.64. The normalized spacial score (nSPS) is 12.2. The number of nitrogens with two attached hydrogens (primary N) is 1. The molecule has 1 nitrogen and oxygen atoms in total. The maximum atomic E-state index is 11.6. The summed E-state index contributed by atoms with van der Waals surface area (Å²) in [5.74, 6) is -0.255. The van der Waals surface area contributed by atoms with E-state index in [2.05, 4.69) is 0 Å². The molecule has 6 heavy (non-hydrogen) atoms. The molecule has 0 atom stereocenters. The van der Waals surface area contributed by atoms with Gasteiger partial charge in [-0.25, -0.2) is 4.39 Å². The van der Waals surface area contributed by atoms with Crippen LogP contribution in [0.15, 0.2) is 11.9 Å². The summed E-state index contributed by atoms with van der Waals surface area (Å²) in [5, 5.41) is 0. The smallest absolute Gasteiger partial charge is 0.109 e.